The van der Waals surface area contributed by atoms with Crippen molar-refractivity contribution in [3.05, 3.63) is 168 Å². The molecule has 0 aliphatic carbocycles. The van der Waals surface area contributed by atoms with E-state index in [2.05, 4.69) is 63.1 Å². The number of primary amides is 1. The lowest BCUT2D eigenvalue weighted by molar-refractivity contribution is -0.142. The van der Waals surface area contributed by atoms with Gasteiger partial charge in [0.05, 0.1) is 57.0 Å². The van der Waals surface area contributed by atoms with Crippen molar-refractivity contribution in [3.8, 4) is 28.0 Å². The number of aliphatic hydroxyl groups is 3. The molecule has 11 amide bonds. The van der Waals surface area contributed by atoms with Crippen LogP contribution in [0, 0.1) is 0 Å². The van der Waals surface area contributed by atoms with Gasteiger partial charge >= 0.3 is 11.9 Å². The number of H-pyrrole nitrogens is 1. The van der Waals surface area contributed by atoms with Crippen LogP contribution in [-0.2, 0) is 88.0 Å². The number of hydrogen-bond donors (Lipinski definition) is 18. The zero-order chi connectivity index (χ0) is 76.2. The van der Waals surface area contributed by atoms with Gasteiger partial charge in [0, 0.05) is 38.3 Å². The molecule has 0 unspecified atom stereocenters. The zero-order valence-corrected chi connectivity index (χ0v) is 57.2. The molecule has 0 saturated heterocycles. The normalized spacial score (nSPS) is 14.5. The van der Waals surface area contributed by atoms with Crippen LogP contribution in [0.4, 0.5) is 0 Å². The number of nitrogens with zero attached hydrogens (tertiary/aromatic N) is 1. The molecule has 33 nitrogen and oxygen atoms in total. The molecule has 0 bridgehead atoms. The molecular weight excluding hydrogens is 1350 g/mol. The third kappa shape index (κ3) is 25.6. The highest BCUT2D eigenvalue weighted by Gasteiger charge is 2.37. The van der Waals surface area contributed by atoms with E-state index in [1.165, 1.54) is 19.4 Å². The highest BCUT2D eigenvalue weighted by molar-refractivity contribution is 6.00. The molecule has 6 aromatic rings. The van der Waals surface area contributed by atoms with Gasteiger partial charge in [0.1, 0.15) is 60.1 Å². The molecule has 0 saturated carbocycles. The number of ether oxygens (including phenoxy) is 1. The first kappa shape index (κ1) is 81.0. The fourth-order valence-corrected chi connectivity index (χ4v) is 10.5. The van der Waals surface area contributed by atoms with E-state index in [0.29, 0.717) is 28.1 Å². The molecule has 1 aromatic heterocycles. The summed E-state index contributed by atoms with van der Waals surface area (Å²) in [5, 5.41) is 74.9. The van der Waals surface area contributed by atoms with E-state index in [1.807, 2.05) is 42.5 Å². The van der Waals surface area contributed by atoms with Crippen LogP contribution in [0.1, 0.15) is 62.4 Å². The molecule has 1 heterocycles. The topological polar surface area (TPSA) is 533 Å². The van der Waals surface area contributed by atoms with Gasteiger partial charge in [-0.15, -0.1) is 0 Å². The van der Waals surface area contributed by atoms with Gasteiger partial charge in [-0.2, -0.15) is 0 Å². The van der Waals surface area contributed by atoms with Crippen LogP contribution < -0.4 is 69.4 Å². The Morgan fingerprint density at radius 2 is 0.913 bits per heavy atom. The predicted molar refractivity (Wildman–Crippen MR) is 373 cm³/mol. The lowest BCUT2D eigenvalue weighted by Crippen LogP contribution is -2.63. The van der Waals surface area contributed by atoms with Crippen molar-refractivity contribution >= 4 is 76.9 Å². The van der Waals surface area contributed by atoms with E-state index in [9.17, 15) is 87.9 Å². The van der Waals surface area contributed by atoms with Gasteiger partial charge in [-0.3, -0.25) is 62.3 Å². The molecule has 6 rings (SSSR count). The maximum absolute atomic E-state index is 14.4. The number of imidazole rings is 1. The molecule has 0 spiro atoms. The number of carboxylic acid groups (broad SMARTS) is 2. The van der Waals surface area contributed by atoms with Crippen LogP contribution >= 0.6 is 0 Å². The van der Waals surface area contributed by atoms with Gasteiger partial charge in [0.25, 0.3) is 0 Å². The molecule has 33 heteroatoms. The first-order valence-electron chi connectivity index (χ1n) is 32.9. The summed E-state index contributed by atoms with van der Waals surface area (Å²) in [5.74, 6) is -14.4. The molecule has 554 valence electrons. The van der Waals surface area contributed by atoms with Gasteiger partial charge in [-0.25, -0.2) is 4.98 Å². The lowest BCUT2D eigenvalue weighted by Gasteiger charge is -2.28. The van der Waals surface area contributed by atoms with Gasteiger partial charge in [0.15, 0.2) is 0 Å². The maximum atomic E-state index is 14.4. The van der Waals surface area contributed by atoms with Crippen LogP contribution in [0.2, 0.25) is 0 Å². The molecule has 0 radical (unpaired) electrons. The summed E-state index contributed by atoms with van der Waals surface area (Å²) in [5.41, 5.74) is 17.1. The van der Waals surface area contributed by atoms with Crippen molar-refractivity contribution in [1.82, 2.24) is 63.1 Å². The van der Waals surface area contributed by atoms with E-state index >= 15 is 0 Å². The van der Waals surface area contributed by atoms with Crippen LogP contribution in [0.5, 0.6) is 5.75 Å². The number of aliphatic hydroxyl groups excluding tert-OH is 3. The monoisotopic (exact) mass is 1440 g/mol. The minimum atomic E-state index is -2.05. The second-order valence-corrected chi connectivity index (χ2v) is 24.4. The van der Waals surface area contributed by atoms with Crippen molar-refractivity contribution in [2.45, 2.75) is 138 Å². The fraction of sp³-hybridized carbons (Fsp3) is 0.352. The maximum Gasteiger partial charge on any atom is 0.305 e. The summed E-state index contributed by atoms with van der Waals surface area (Å²) in [7, 11) is 1.55. The lowest BCUT2D eigenvalue weighted by atomic mass is 9.98. The molecule has 104 heavy (non-hydrogen) atoms. The Labute approximate surface area is 596 Å². The Bertz CT molecular complexity index is 3920. The molecule has 0 aliphatic rings. The standard InChI is InChI=1S/C71H86N14O19/c1-38(77-64(96)50(72)32-48-34-74-37-76-48)63(95)78-51(27-28-58(90)91)65(97)75-35-57(89)84-60(39(2)87)70(102)82-54(30-41-11-7-5-8-12-41)68(100)85-61(40(3)88)71(103)83-56(36-86)69(101)81-55(33-59(92)93)67(99)80-53(31-43-17-19-45(20-18-43)44-13-9-6-10-14-44)66(98)79-52(62(73)94)29-42-15-21-46(22-16-42)47-23-25-49(104-4)26-24-47/h5-26,34,37-40,50-56,60-61,86-88H,27-33,35-36,72H2,1-4H3,(H2,73,94)(H,74,76)(H,75,97)(H,77,96)(H,78,95)(H,79,98)(H,80,99)(H,81,101)(H,82,102)(H,83,103)(H,84,89)(H,85,100)(H,90,91)(H,92,93)/t38-,39+,40+,50-,51-,52-,53-,54-,55-,56-,60-,61-/m0/s1. The minimum Gasteiger partial charge on any atom is -0.497 e. The Hall–Kier alpha value is -11.9. The number of hydrogen-bond acceptors (Lipinski definition) is 19. The molecular formula is C71H86N14O19. The van der Waals surface area contributed by atoms with E-state index in [4.69, 9.17) is 16.2 Å². The summed E-state index contributed by atoms with van der Waals surface area (Å²) in [6.45, 7) is 1.25. The number of aromatic amines is 1. The summed E-state index contributed by atoms with van der Waals surface area (Å²) in [6, 6.07) is 21.8. The Balaban J connectivity index is 1.12. The Morgan fingerprint density at radius 1 is 0.471 bits per heavy atom. The number of aliphatic carboxylic acids is 2. The highest BCUT2D eigenvalue weighted by atomic mass is 16.5. The van der Waals surface area contributed by atoms with Crippen LogP contribution in [0.3, 0.4) is 0 Å². The smallest absolute Gasteiger partial charge is 0.305 e. The third-order valence-corrected chi connectivity index (χ3v) is 16.3. The quantitative estimate of drug-likeness (QED) is 0.0188. The number of carbonyl (C=O) groups is 13. The fourth-order valence-electron chi connectivity index (χ4n) is 10.5. The van der Waals surface area contributed by atoms with Gasteiger partial charge in [-0.05, 0) is 78.3 Å². The highest BCUT2D eigenvalue weighted by Crippen LogP contribution is 2.24. The summed E-state index contributed by atoms with van der Waals surface area (Å²) in [4.78, 5) is 181. The largest absolute Gasteiger partial charge is 0.497 e. The average Bonchev–Trinajstić information content (AvgIpc) is 1.29. The van der Waals surface area contributed by atoms with Crippen LogP contribution in [0.15, 0.2) is 146 Å². The van der Waals surface area contributed by atoms with Gasteiger partial charge in [-0.1, -0.05) is 121 Å². The number of amides is 11. The van der Waals surface area contributed by atoms with Gasteiger partial charge < -0.3 is 99.9 Å². The van der Waals surface area contributed by atoms with E-state index in [1.54, 1.807) is 98.1 Å². The Morgan fingerprint density at radius 3 is 1.41 bits per heavy atom. The summed E-state index contributed by atoms with van der Waals surface area (Å²) >= 11 is 0. The van der Waals surface area contributed by atoms with Crippen molar-refractivity contribution in [2.75, 3.05) is 20.3 Å². The van der Waals surface area contributed by atoms with Crippen molar-refractivity contribution in [3.63, 3.8) is 0 Å². The van der Waals surface area contributed by atoms with Crippen molar-refractivity contribution < 1.29 is 92.6 Å². The van der Waals surface area contributed by atoms with Crippen molar-refractivity contribution in [2.24, 2.45) is 11.5 Å². The van der Waals surface area contributed by atoms with Crippen molar-refractivity contribution in [1.29, 1.82) is 0 Å². The number of carboxylic acids is 2. The Kier molecular flexibility index (Phi) is 31.1. The summed E-state index contributed by atoms with van der Waals surface area (Å²) in [6.07, 6.45) is -3.61. The first-order valence-corrected chi connectivity index (χ1v) is 32.9. The average molecular weight is 1440 g/mol. The molecule has 0 aliphatic heterocycles. The van der Waals surface area contributed by atoms with Crippen LogP contribution in [-0.4, -0.2) is 205 Å². The zero-order valence-electron chi connectivity index (χ0n) is 57.2. The summed E-state index contributed by atoms with van der Waals surface area (Å²) < 4.78 is 5.25. The second kappa shape index (κ2) is 39.9. The van der Waals surface area contributed by atoms with Gasteiger partial charge in [0.2, 0.25) is 65.0 Å². The first-order chi connectivity index (χ1) is 49.5. The van der Waals surface area contributed by atoms with Crippen LogP contribution in [0.25, 0.3) is 22.3 Å². The third-order valence-electron chi connectivity index (χ3n) is 16.3. The number of carbonyl (C=O) groups excluding carboxylic acids is 11. The minimum absolute atomic E-state index is 0.00990. The van der Waals surface area contributed by atoms with E-state index < -0.39 is 182 Å². The molecule has 20 N–H and O–H groups in total. The number of methoxy groups -OCH3 is 1. The number of rotatable bonds is 40. The SMILES string of the molecule is COc1ccc(-c2ccc(C[C@H](NC(=O)[C@H](Cc3ccc(-c4ccccc4)cc3)NC(=O)[C@H](CC(=O)O)NC(=O)[C@H](CO)NC(=O)[C@@H](NC(=O)[C@H](Cc3ccccc3)NC(=O)[C@@H](NC(=O)CNC(=O)[C@H](CCC(=O)O)NC(=O)[C@H](C)NC(=O)[C@@H](N)Cc3c[nH]cn3)[C@@H](C)O)[C@@H](C)O)C(N)=O)cc2)cc1. The number of aromatic nitrogens is 2. The molecule has 12 atom stereocenters. The predicted octanol–water partition coefficient (Wildman–Crippen LogP) is -2.57. The number of benzene rings is 5. The molecule has 0 fully saturated rings. The number of nitrogens with two attached hydrogens (primary N) is 2. The van der Waals surface area contributed by atoms with E-state index in [-0.39, 0.29) is 25.7 Å². The van der Waals surface area contributed by atoms with E-state index in [0.717, 1.165) is 36.1 Å². The second-order valence-electron chi connectivity index (χ2n) is 24.4. The molecule has 5 aromatic carbocycles. The number of nitrogens with one attached hydrogen (secondary N) is 11.